The average molecular weight is 405 g/mol. The number of rotatable bonds is 6. The Hall–Kier alpha value is -2.23. The number of imidazole rings is 1. The fraction of sp³-hybridized carbons (Fsp3) is 0.333. The Bertz CT molecular complexity index is 1020. The first-order valence-electron chi connectivity index (χ1n) is 8.79. The second-order valence-corrected chi connectivity index (χ2v) is 9.34. The van der Waals surface area contributed by atoms with Crippen molar-refractivity contribution in [1.29, 1.82) is 0 Å². The number of carbonyl (C=O) groups is 1. The molecular formula is C18H20N4O3S2. The molecule has 1 saturated heterocycles. The van der Waals surface area contributed by atoms with E-state index in [0.29, 0.717) is 24.5 Å². The molecule has 3 heterocycles. The maximum absolute atomic E-state index is 12.5. The first-order chi connectivity index (χ1) is 13.0. The van der Waals surface area contributed by atoms with E-state index in [1.165, 1.54) is 15.6 Å². The Morgan fingerprint density at radius 3 is 2.63 bits per heavy atom. The van der Waals surface area contributed by atoms with Crippen molar-refractivity contribution in [3.8, 4) is 0 Å². The highest BCUT2D eigenvalue weighted by Crippen LogP contribution is 2.21. The van der Waals surface area contributed by atoms with Gasteiger partial charge in [0.1, 0.15) is 0 Å². The van der Waals surface area contributed by atoms with Gasteiger partial charge >= 0.3 is 0 Å². The van der Waals surface area contributed by atoms with Crippen molar-refractivity contribution in [1.82, 2.24) is 19.0 Å². The quantitative estimate of drug-likeness (QED) is 0.681. The fourth-order valence-electron chi connectivity index (χ4n) is 3.15. The van der Waals surface area contributed by atoms with Gasteiger partial charge in [0.05, 0.1) is 17.0 Å². The molecule has 142 valence electrons. The number of benzene rings is 1. The number of nitrogens with zero attached hydrogens (tertiary/aromatic N) is 3. The van der Waals surface area contributed by atoms with Crippen molar-refractivity contribution in [3.05, 3.63) is 53.3 Å². The van der Waals surface area contributed by atoms with Gasteiger partial charge in [-0.25, -0.2) is 13.4 Å². The summed E-state index contributed by atoms with van der Waals surface area (Å²) in [4.78, 5) is 17.7. The standard InChI is InChI=1S/C18H20N4O3S2/c23-17(11-15-13-21-9-10-26-18(21)20-15)19-12-14-3-5-16(6-4-14)27(24,25)22-7-1-2-8-22/h3-6,9-10,13H,1-2,7-8,11-12H2,(H,19,23). The maximum Gasteiger partial charge on any atom is 0.243 e. The van der Waals surface area contributed by atoms with Gasteiger partial charge in [-0.2, -0.15) is 4.31 Å². The van der Waals surface area contributed by atoms with Gasteiger partial charge in [0, 0.05) is 37.4 Å². The first kappa shape index (κ1) is 18.1. The summed E-state index contributed by atoms with van der Waals surface area (Å²) in [7, 11) is -3.40. The van der Waals surface area contributed by atoms with Crippen LogP contribution in [0.3, 0.4) is 0 Å². The van der Waals surface area contributed by atoms with Crippen LogP contribution in [0.2, 0.25) is 0 Å². The zero-order chi connectivity index (χ0) is 18.9. The van der Waals surface area contributed by atoms with Crippen LogP contribution in [0, 0.1) is 0 Å². The predicted octanol–water partition coefficient (Wildman–Crippen LogP) is 2.04. The number of sulfonamides is 1. The van der Waals surface area contributed by atoms with Crippen LogP contribution in [0.4, 0.5) is 0 Å². The molecule has 1 N–H and O–H groups in total. The Morgan fingerprint density at radius 1 is 1.19 bits per heavy atom. The van der Waals surface area contributed by atoms with Gasteiger partial charge in [-0.1, -0.05) is 12.1 Å². The lowest BCUT2D eigenvalue weighted by atomic mass is 10.2. The van der Waals surface area contributed by atoms with E-state index in [2.05, 4.69) is 10.3 Å². The van der Waals surface area contributed by atoms with E-state index in [-0.39, 0.29) is 12.3 Å². The van der Waals surface area contributed by atoms with E-state index in [4.69, 9.17) is 0 Å². The van der Waals surface area contributed by atoms with Crippen molar-refractivity contribution in [2.24, 2.45) is 0 Å². The van der Waals surface area contributed by atoms with E-state index >= 15 is 0 Å². The number of nitrogens with one attached hydrogen (secondary N) is 1. The Morgan fingerprint density at radius 2 is 1.93 bits per heavy atom. The third-order valence-corrected chi connectivity index (χ3v) is 7.28. The van der Waals surface area contributed by atoms with Crippen LogP contribution in [0.15, 0.2) is 46.9 Å². The molecule has 1 aliphatic rings. The summed E-state index contributed by atoms with van der Waals surface area (Å²) in [6.07, 6.45) is 5.81. The lowest BCUT2D eigenvalue weighted by molar-refractivity contribution is -0.120. The summed E-state index contributed by atoms with van der Waals surface area (Å²) >= 11 is 1.53. The molecule has 0 unspecified atom stereocenters. The molecular weight excluding hydrogens is 384 g/mol. The van der Waals surface area contributed by atoms with E-state index in [9.17, 15) is 13.2 Å². The zero-order valence-corrected chi connectivity index (χ0v) is 16.3. The van der Waals surface area contributed by atoms with E-state index < -0.39 is 10.0 Å². The Kier molecular flexibility index (Phi) is 4.98. The number of hydrogen-bond acceptors (Lipinski definition) is 5. The molecule has 0 aliphatic carbocycles. The third-order valence-electron chi connectivity index (χ3n) is 4.60. The number of hydrogen-bond donors (Lipinski definition) is 1. The smallest absolute Gasteiger partial charge is 0.243 e. The molecule has 1 aliphatic heterocycles. The Balaban J connectivity index is 1.34. The van der Waals surface area contributed by atoms with Crippen LogP contribution in [0.25, 0.3) is 4.96 Å². The number of amides is 1. The molecule has 1 fully saturated rings. The van der Waals surface area contributed by atoms with Crippen molar-refractivity contribution < 1.29 is 13.2 Å². The fourth-order valence-corrected chi connectivity index (χ4v) is 5.38. The number of carbonyl (C=O) groups excluding carboxylic acids is 1. The average Bonchev–Trinajstić information content (AvgIpc) is 3.38. The molecule has 7 nitrogen and oxygen atoms in total. The molecule has 1 aromatic carbocycles. The van der Waals surface area contributed by atoms with Gasteiger partial charge in [-0.05, 0) is 30.5 Å². The third kappa shape index (κ3) is 3.90. The summed E-state index contributed by atoms with van der Waals surface area (Å²) in [5.41, 5.74) is 1.58. The lowest BCUT2D eigenvalue weighted by Gasteiger charge is -2.15. The van der Waals surface area contributed by atoms with Crippen LogP contribution >= 0.6 is 11.3 Å². The van der Waals surface area contributed by atoms with Crippen LogP contribution < -0.4 is 5.32 Å². The van der Waals surface area contributed by atoms with Gasteiger partial charge in [0.2, 0.25) is 15.9 Å². The molecule has 4 rings (SSSR count). The van der Waals surface area contributed by atoms with Gasteiger partial charge in [0.25, 0.3) is 0 Å². The summed E-state index contributed by atoms with van der Waals surface area (Å²) in [6.45, 7) is 1.53. The van der Waals surface area contributed by atoms with Gasteiger partial charge in [-0.15, -0.1) is 11.3 Å². The van der Waals surface area contributed by atoms with E-state index in [1.807, 2.05) is 22.2 Å². The van der Waals surface area contributed by atoms with Crippen molar-refractivity contribution in [2.75, 3.05) is 13.1 Å². The SMILES string of the molecule is O=C(Cc1cn2ccsc2n1)NCc1ccc(S(=O)(=O)N2CCCC2)cc1. The highest BCUT2D eigenvalue weighted by molar-refractivity contribution is 7.89. The number of thiazole rings is 1. The van der Waals surface area contributed by atoms with E-state index in [1.54, 1.807) is 24.3 Å². The summed E-state index contributed by atoms with van der Waals surface area (Å²) in [5.74, 6) is -0.116. The molecule has 3 aromatic rings. The maximum atomic E-state index is 12.5. The van der Waals surface area contributed by atoms with Crippen LogP contribution in [0.1, 0.15) is 24.1 Å². The minimum atomic E-state index is -3.40. The normalized spacial score (nSPS) is 15.4. The Labute approximate surface area is 161 Å². The van der Waals surface area contributed by atoms with Crippen molar-refractivity contribution in [3.63, 3.8) is 0 Å². The molecule has 0 radical (unpaired) electrons. The molecule has 0 atom stereocenters. The largest absolute Gasteiger partial charge is 0.352 e. The highest BCUT2D eigenvalue weighted by Gasteiger charge is 2.26. The predicted molar refractivity (Wildman–Crippen MR) is 103 cm³/mol. The van der Waals surface area contributed by atoms with Crippen molar-refractivity contribution >= 4 is 32.2 Å². The van der Waals surface area contributed by atoms with Crippen LogP contribution in [0.5, 0.6) is 0 Å². The molecule has 0 saturated carbocycles. The monoisotopic (exact) mass is 404 g/mol. The molecule has 0 bridgehead atoms. The first-order valence-corrected chi connectivity index (χ1v) is 11.1. The minimum Gasteiger partial charge on any atom is -0.352 e. The number of aromatic nitrogens is 2. The van der Waals surface area contributed by atoms with Gasteiger partial charge < -0.3 is 5.32 Å². The molecule has 9 heteroatoms. The van der Waals surface area contributed by atoms with Crippen molar-refractivity contribution in [2.45, 2.75) is 30.7 Å². The molecule has 1 amide bonds. The summed E-state index contributed by atoms with van der Waals surface area (Å²) in [5, 5.41) is 4.80. The molecule has 27 heavy (non-hydrogen) atoms. The summed E-state index contributed by atoms with van der Waals surface area (Å²) < 4.78 is 28.5. The van der Waals surface area contributed by atoms with Gasteiger partial charge in [0.15, 0.2) is 4.96 Å². The summed E-state index contributed by atoms with van der Waals surface area (Å²) in [6, 6.07) is 6.71. The van der Waals surface area contributed by atoms with Crippen LogP contribution in [-0.2, 0) is 27.8 Å². The molecule has 0 spiro atoms. The van der Waals surface area contributed by atoms with E-state index in [0.717, 1.165) is 29.1 Å². The zero-order valence-electron chi connectivity index (χ0n) is 14.7. The molecule has 2 aromatic heterocycles. The van der Waals surface area contributed by atoms with Crippen LogP contribution in [-0.4, -0.2) is 41.1 Å². The lowest BCUT2D eigenvalue weighted by Crippen LogP contribution is -2.28. The minimum absolute atomic E-state index is 0.116. The highest BCUT2D eigenvalue weighted by atomic mass is 32.2. The second-order valence-electron chi connectivity index (χ2n) is 6.53. The topological polar surface area (TPSA) is 83.8 Å². The van der Waals surface area contributed by atoms with Gasteiger partial charge in [-0.3, -0.25) is 9.20 Å². The second kappa shape index (κ2) is 7.41. The number of fused-ring (bicyclic) bond motifs is 1.